The van der Waals surface area contributed by atoms with Gasteiger partial charge >= 0.3 is 0 Å². The summed E-state index contributed by atoms with van der Waals surface area (Å²) in [5.74, 6) is -1.38. The number of imidazole rings is 1. The number of rotatable bonds is 6. The number of carbonyl (C=O) groups excluding carboxylic acids is 1. The zero-order chi connectivity index (χ0) is 25.6. The van der Waals surface area contributed by atoms with Gasteiger partial charge in [0.15, 0.2) is 17.3 Å². The summed E-state index contributed by atoms with van der Waals surface area (Å²) in [6.07, 6.45) is 7.44. The van der Waals surface area contributed by atoms with E-state index in [2.05, 4.69) is 32.6 Å². The maximum absolute atomic E-state index is 15.3. The summed E-state index contributed by atoms with van der Waals surface area (Å²) in [6, 6.07) is 1.30. The van der Waals surface area contributed by atoms with Gasteiger partial charge in [-0.3, -0.25) is 9.20 Å². The van der Waals surface area contributed by atoms with Gasteiger partial charge in [0.1, 0.15) is 11.2 Å². The molecule has 0 spiro atoms. The predicted octanol–water partition coefficient (Wildman–Crippen LogP) is 3.45. The number of amides is 1. The molecule has 10 nitrogen and oxygen atoms in total. The maximum atomic E-state index is 15.3. The molecular formula is C24H27F2N7O3. The molecule has 1 aliphatic carbocycles. The van der Waals surface area contributed by atoms with Gasteiger partial charge in [0.25, 0.3) is 5.91 Å². The highest BCUT2D eigenvalue weighted by Gasteiger charge is 2.31. The lowest BCUT2D eigenvalue weighted by atomic mass is 9.83. The largest absolute Gasteiger partial charge is 0.479 e. The van der Waals surface area contributed by atoms with Gasteiger partial charge in [0, 0.05) is 32.0 Å². The monoisotopic (exact) mass is 499 g/mol. The summed E-state index contributed by atoms with van der Waals surface area (Å²) in [4.78, 5) is 20.6. The smallest absolute Gasteiger partial charge is 0.269 e. The van der Waals surface area contributed by atoms with Crippen LogP contribution in [0.4, 0.5) is 14.7 Å². The van der Waals surface area contributed by atoms with E-state index >= 15 is 4.39 Å². The van der Waals surface area contributed by atoms with Crippen LogP contribution in [0, 0.1) is 11.6 Å². The van der Waals surface area contributed by atoms with Gasteiger partial charge in [-0.1, -0.05) is 0 Å². The van der Waals surface area contributed by atoms with Gasteiger partial charge in [-0.2, -0.15) is 4.98 Å². The Balaban J connectivity index is 1.55. The van der Waals surface area contributed by atoms with Gasteiger partial charge in [0.2, 0.25) is 11.8 Å². The first-order valence-corrected chi connectivity index (χ1v) is 11.6. The van der Waals surface area contributed by atoms with Gasteiger partial charge < -0.3 is 20.1 Å². The first kappa shape index (κ1) is 23.9. The number of nitrogens with zero attached hydrogens (tertiary/aromatic N) is 5. The molecule has 36 heavy (non-hydrogen) atoms. The van der Waals surface area contributed by atoms with E-state index in [4.69, 9.17) is 9.47 Å². The molecule has 0 saturated heterocycles. The minimum atomic E-state index is -0.708. The quantitative estimate of drug-likeness (QED) is 0.419. The second-order valence-electron chi connectivity index (χ2n) is 9.16. The van der Waals surface area contributed by atoms with E-state index in [1.165, 1.54) is 41.7 Å². The number of ether oxygens (including phenoxy) is 2. The van der Waals surface area contributed by atoms with Crippen molar-refractivity contribution in [2.24, 2.45) is 0 Å². The Morgan fingerprint density at radius 1 is 1.19 bits per heavy atom. The van der Waals surface area contributed by atoms with Crippen molar-refractivity contribution in [3.63, 3.8) is 0 Å². The first-order valence-electron chi connectivity index (χ1n) is 11.6. The minimum Gasteiger partial charge on any atom is -0.479 e. The number of carbonyl (C=O) groups is 1. The van der Waals surface area contributed by atoms with Crippen LogP contribution in [0.3, 0.4) is 0 Å². The number of pyridine rings is 1. The van der Waals surface area contributed by atoms with Crippen molar-refractivity contribution in [2.45, 2.75) is 44.2 Å². The highest BCUT2D eigenvalue weighted by Crippen LogP contribution is 2.36. The van der Waals surface area contributed by atoms with Crippen LogP contribution in [0.1, 0.15) is 43.1 Å². The Morgan fingerprint density at radius 2 is 1.94 bits per heavy atom. The summed E-state index contributed by atoms with van der Waals surface area (Å²) in [6.45, 7) is 2.10. The van der Waals surface area contributed by atoms with Crippen molar-refractivity contribution in [2.75, 3.05) is 26.6 Å². The fourth-order valence-electron chi connectivity index (χ4n) is 4.74. The highest BCUT2D eigenvalue weighted by molar-refractivity contribution is 5.93. The number of methoxy groups -OCH3 is 2. The molecule has 12 heteroatoms. The van der Waals surface area contributed by atoms with E-state index in [0.717, 1.165) is 31.7 Å². The molecule has 0 radical (unpaired) electrons. The zero-order valence-electron chi connectivity index (χ0n) is 20.4. The van der Waals surface area contributed by atoms with Crippen LogP contribution in [0.2, 0.25) is 0 Å². The van der Waals surface area contributed by atoms with E-state index in [-0.39, 0.29) is 45.5 Å². The predicted molar refractivity (Wildman–Crippen MR) is 128 cm³/mol. The molecule has 5 rings (SSSR count). The topological polar surface area (TPSA) is 107 Å². The average molecular weight is 500 g/mol. The third-order valence-corrected chi connectivity index (χ3v) is 6.92. The first-order chi connectivity index (χ1) is 17.3. The van der Waals surface area contributed by atoms with Crippen LogP contribution in [0.5, 0.6) is 5.88 Å². The van der Waals surface area contributed by atoms with Crippen molar-refractivity contribution in [3.8, 4) is 17.0 Å². The van der Waals surface area contributed by atoms with Crippen molar-refractivity contribution in [3.05, 3.63) is 42.0 Å². The number of anilines is 1. The van der Waals surface area contributed by atoms with Gasteiger partial charge in [-0.05, 0) is 38.7 Å². The number of fused-ring (bicyclic) bond motifs is 2. The van der Waals surface area contributed by atoms with Crippen LogP contribution >= 0.6 is 0 Å². The Labute approximate surface area is 205 Å². The van der Waals surface area contributed by atoms with E-state index in [9.17, 15) is 9.18 Å². The molecule has 4 aromatic heterocycles. The van der Waals surface area contributed by atoms with Crippen LogP contribution in [0.15, 0.2) is 24.7 Å². The Hall–Kier alpha value is -3.80. The van der Waals surface area contributed by atoms with Gasteiger partial charge in [0.05, 0.1) is 30.7 Å². The SMILES string of the molecule is CNC(=O)c1cnc2c(F)cc(-c3c(F)cn4nc(N[C@H]5CC[C@@](C)(OC)CC5)nc(OC)c34)cn12. The molecule has 1 amide bonds. The number of aromatic nitrogens is 5. The average Bonchev–Trinajstić information content (AvgIpc) is 3.45. The molecule has 0 atom stereocenters. The third-order valence-electron chi connectivity index (χ3n) is 6.92. The minimum absolute atomic E-state index is 0.0456. The van der Waals surface area contributed by atoms with E-state index in [1.807, 2.05) is 0 Å². The molecule has 4 heterocycles. The summed E-state index contributed by atoms with van der Waals surface area (Å²) in [5, 5.41) is 10.2. The lowest BCUT2D eigenvalue weighted by Crippen LogP contribution is -2.37. The molecule has 1 saturated carbocycles. The second-order valence-corrected chi connectivity index (χ2v) is 9.16. The standard InChI is InChI=1S/C24H27F2N7O3/c1-24(36-4)7-5-14(6-8-24)29-23-30-22(35-3)19-18(16(26)12-33(19)31-23)13-9-15(25)20-28-10-17(21(34)27-2)32(20)11-13/h9-12,14H,5-8H2,1-4H3,(H,27,34)(H,29,31)/t14-,24+. The molecular weight excluding hydrogens is 472 g/mol. The van der Waals surface area contributed by atoms with Gasteiger partial charge in [-0.15, -0.1) is 5.10 Å². The fraction of sp³-hybridized carbons (Fsp3) is 0.417. The highest BCUT2D eigenvalue weighted by atomic mass is 19.1. The molecule has 2 N–H and O–H groups in total. The van der Waals surface area contributed by atoms with Crippen molar-refractivity contribution < 1.29 is 23.0 Å². The van der Waals surface area contributed by atoms with E-state index < -0.39 is 17.5 Å². The maximum Gasteiger partial charge on any atom is 0.269 e. The molecule has 0 unspecified atom stereocenters. The van der Waals surface area contributed by atoms with Gasteiger partial charge in [-0.25, -0.2) is 18.3 Å². The van der Waals surface area contributed by atoms with Crippen LogP contribution in [-0.4, -0.2) is 62.8 Å². The Bertz CT molecular complexity index is 1460. The molecule has 0 aliphatic heterocycles. The molecule has 190 valence electrons. The summed E-state index contributed by atoms with van der Waals surface area (Å²) < 4.78 is 43.9. The summed E-state index contributed by atoms with van der Waals surface area (Å²) in [5.41, 5.74) is 0.386. The zero-order valence-corrected chi connectivity index (χ0v) is 20.4. The van der Waals surface area contributed by atoms with Crippen molar-refractivity contribution in [1.29, 1.82) is 0 Å². The Morgan fingerprint density at radius 3 is 2.61 bits per heavy atom. The number of halogens is 2. The lowest BCUT2D eigenvalue weighted by molar-refractivity contribution is -0.0253. The molecule has 0 aromatic carbocycles. The van der Waals surface area contributed by atoms with E-state index in [1.54, 1.807) is 7.11 Å². The Kier molecular flexibility index (Phi) is 5.99. The second kappa shape index (κ2) is 9.01. The third kappa shape index (κ3) is 4.00. The molecule has 4 aromatic rings. The molecule has 1 aliphatic rings. The lowest BCUT2D eigenvalue weighted by Gasteiger charge is -2.36. The van der Waals surface area contributed by atoms with Crippen LogP contribution in [-0.2, 0) is 4.74 Å². The fourth-order valence-corrected chi connectivity index (χ4v) is 4.74. The summed E-state index contributed by atoms with van der Waals surface area (Å²) >= 11 is 0. The summed E-state index contributed by atoms with van der Waals surface area (Å²) in [7, 11) is 4.61. The van der Waals surface area contributed by atoms with Crippen molar-refractivity contribution in [1.82, 2.24) is 29.3 Å². The number of nitrogens with one attached hydrogen (secondary N) is 2. The molecule has 0 bridgehead atoms. The molecule has 1 fully saturated rings. The van der Waals surface area contributed by atoms with Crippen LogP contribution < -0.4 is 15.4 Å². The number of hydrogen-bond acceptors (Lipinski definition) is 7. The van der Waals surface area contributed by atoms with E-state index in [0.29, 0.717) is 5.95 Å². The normalized spacial score (nSPS) is 20.1. The number of hydrogen-bond donors (Lipinski definition) is 2. The van der Waals surface area contributed by atoms with Crippen molar-refractivity contribution >= 4 is 23.0 Å². The van der Waals surface area contributed by atoms with Crippen LogP contribution in [0.25, 0.3) is 22.3 Å².